The van der Waals surface area contributed by atoms with E-state index >= 15 is 0 Å². The van der Waals surface area contributed by atoms with Crippen molar-refractivity contribution in [1.29, 1.82) is 0 Å². The van der Waals surface area contributed by atoms with Gasteiger partial charge in [-0.25, -0.2) is 9.50 Å². The normalized spacial score (nSPS) is 32.9. The number of hydrogen-bond donors (Lipinski definition) is 4. The van der Waals surface area contributed by atoms with Crippen LogP contribution in [0.3, 0.4) is 0 Å². The zero-order chi connectivity index (χ0) is 15.1. The van der Waals surface area contributed by atoms with Crippen LogP contribution in [0.15, 0.2) is 18.5 Å². The van der Waals surface area contributed by atoms with Crippen LogP contribution in [-0.2, 0) is 0 Å². The number of anilines is 1. The van der Waals surface area contributed by atoms with Crippen molar-refractivity contribution in [3.8, 4) is 0 Å². The van der Waals surface area contributed by atoms with Crippen LogP contribution in [0.5, 0.6) is 0 Å². The Bertz CT molecular complexity index is 644. The lowest BCUT2D eigenvalue weighted by molar-refractivity contribution is -0.000175. The Morgan fingerprint density at radius 3 is 2.67 bits per heavy atom. The van der Waals surface area contributed by atoms with Gasteiger partial charge in [0.15, 0.2) is 5.82 Å². The van der Waals surface area contributed by atoms with Crippen LogP contribution in [0.25, 0.3) is 5.52 Å². The second-order valence-corrected chi connectivity index (χ2v) is 5.63. The van der Waals surface area contributed by atoms with Gasteiger partial charge in [-0.15, -0.1) is 0 Å². The van der Waals surface area contributed by atoms with E-state index in [1.165, 1.54) is 6.33 Å². The summed E-state index contributed by atoms with van der Waals surface area (Å²) in [4.78, 5) is 3.95. The molecule has 0 bridgehead atoms. The van der Waals surface area contributed by atoms with E-state index < -0.39 is 12.2 Å². The zero-order valence-corrected chi connectivity index (χ0v) is 11.8. The average Bonchev–Trinajstić information content (AvgIpc) is 3.00. The minimum absolute atomic E-state index is 0.0192. The Balaban J connectivity index is 2.10. The molecule has 21 heavy (non-hydrogen) atoms. The van der Waals surface area contributed by atoms with Gasteiger partial charge in [0.2, 0.25) is 0 Å². The van der Waals surface area contributed by atoms with Crippen LogP contribution in [0.4, 0.5) is 5.82 Å². The third-order valence-electron chi connectivity index (χ3n) is 4.70. The van der Waals surface area contributed by atoms with E-state index in [1.54, 1.807) is 4.52 Å². The Morgan fingerprint density at radius 1 is 1.24 bits per heavy atom. The molecular weight excluding hydrogens is 272 g/mol. The first-order valence-corrected chi connectivity index (χ1v) is 7.15. The van der Waals surface area contributed by atoms with Gasteiger partial charge < -0.3 is 21.1 Å². The maximum Gasteiger partial charge on any atom is 0.151 e. The van der Waals surface area contributed by atoms with Crippen molar-refractivity contribution in [2.75, 3.05) is 12.3 Å². The molecule has 1 fully saturated rings. The molecule has 0 aromatic carbocycles. The second kappa shape index (κ2) is 5.25. The van der Waals surface area contributed by atoms with Crippen LogP contribution in [-0.4, -0.2) is 48.7 Å². The van der Waals surface area contributed by atoms with E-state index in [9.17, 15) is 15.3 Å². The number of hydrogen-bond acceptors (Lipinski definition) is 6. The summed E-state index contributed by atoms with van der Waals surface area (Å²) in [5.74, 6) is -0.274. The molecule has 0 saturated heterocycles. The number of nitrogens with two attached hydrogens (primary N) is 1. The third kappa shape index (κ3) is 2.00. The van der Waals surface area contributed by atoms with Crippen molar-refractivity contribution >= 4 is 11.3 Å². The molecule has 1 unspecified atom stereocenters. The van der Waals surface area contributed by atoms with Crippen LogP contribution in [0.2, 0.25) is 0 Å². The van der Waals surface area contributed by atoms with Crippen molar-refractivity contribution in [3.05, 3.63) is 24.2 Å². The van der Waals surface area contributed by atoms with E-state index in [2.05, 4.69) is 10.1 Å². The molecule has 3 rings (SSSR count). The number of fused-ring (bicyclic) bond motifs is 1. The van der Waals surface area contributed by atoms with E-state index in [0.29, 0.717) is 11.3 Å². The molecule has 0 amide bonds. The van der Waals surface area contributed by atoms with Crippen molar-refractivity contribution in [2.24, 2.45) is 11.8 Å². The van der Waals surface area contributed by atoms with Gasteiger partial charge in [-0.05, 0) is 18.1 Å². The van der Waals surface area contributed by atoms with Crippen LogP contribution < -0.4 is 5.73 Å². The molecule has 5 N–H and O–H groups in total. The van der Waals surface area contributed by atoms with Gasteiger partial charge >= 0.3 is 0 Å². The van der Waals surface area contributed by atoms with E-state index in [1.807, 2.05) is 19.1 Å². The van der Waals surface area contributed by atoms with E-state index in [-0.39, 0.29) is 24.4 Å². The highest BCUT2D eigenvalue weighted by Crippen LogP contribution is 2.45. The first kappa shape index (κ1) is 14.2. The molecule has 0 aliphatic heterocycles. The van der Waals surface area contributed by atoms with Crippen LogP contribution in [0.1, 0.15) is 25.0 Å². The largest absolute Gasteiger partial charge is 0.396 e. The first-order chi connectivity index (χ1) is 10.1. The summed E-state index contributed by atoms with van der Waals surface area (Å²) in [7, 11) is 0. The fraction of sp³-hybridized carbons (Fsp3) is 0.571. The molecule has 1 aliphatic rings. The van der Waals surface area contributed by atoms with Crippen molar-refractivity contribution in [1.82, 2.24) is 14.6 Å². The van der Waals surface area contributed by atoms with Gasteiger partial charge in [-0.2, -0.15) is 5.10 Å². The summed E-state index contributed by atoms with van der Waals surface area (Å²) in [6.45, 7) is 1.85. The summed E-state index contributed by atoms with van der Waals surface area (Å²) in [6, 6.07) is 3.66. The average molecular weight is 292 g/mol. The van der Waals surface area contributed by atoms with E-state index in [0.717, 1.165) is 12.1 Å². The molecule has 5 atom stereocenters. The Labute approximate surface area is 122 Å². The Morgan fingerprint density at radius 2 is 2.00 bits per heavy atom. The topological polar surface area (TPSA) is 117 Å². The fourth-order valence-corrected chi connectivity index (χ4v) is 3.66. The summed E-state index contributed by atoms with van der Waals surface area (Å²) in [6.07, 6.45) is 0.252. The molecule has 0 radical (unpaired) electrons. The number of nitrogen functional groups attached to an aromatic ring is 1. The van der Waals surface area contributed by atoms with Crippen molar-refractivity contribution < 1.29 is 15.3 Å². The smallest absolute Gasteiger partial charge is 0.151 e. The minimum atomic E-state index is -0.935. The number of rotatable bonds is 3. The third-order valence-corrected chi connectivity index (χ3v) is 4.70. The van der Waals surface area contributed by atoms with Gasteiger partial charge in [0.25, 0.3) is 0 Å². The molecule has 0 spiro atoms. The van der Waals surface area contributed by atoms with Gasteiger partial charge in [-0.1, -0.05) is 13.3 Å². The summed E-state index contributed by atoms with van der Waals surface area (Å²) in [5, 5.41) is 34.3. The summed E-state index contributed by atoms with van der Waals surface area (Å²) >= 11 is 0. The van der Waals surface area contributed by atoms with Crippen molar-refractivity contribution in [2.45, 2.75) is 31.5 Å². The molecule has 2 aromatic heterocycles. The lowest BCUT2D eigenvalue weighted by Gasteiger charge is -2.22. The Hall–Kier alpha value is -1.70. The highest BCUT2D eigenvalue weighted by atomic mass is 16.3. The number of aliphatic hydroxyl groups is 3. The quantitative estimate of drug-likeness (QED) is 0.620. The second-order valence-electron chi connectivity index (χ2n) is 5.63. The van der Waals surface area contributed by atoms with Gasteiger partial charge in [-0.3, -0.25) is 0 Å². The zero-order valence-electron chi connectivity index (χ0n) is 11.8. The Kier molecular flexibility index (Phi) is 3.56. The number of nitrogens with zero attached hydrogens (tertiary/aromatic N) is 3. The molecule has 2 heterocycles. The standard InChI is InChI=1S/C14H20N4O3/c1-2-7-8(5-19)12(20)13(21)11(7)9-3-4-10-14(15)16-6-17-18(9)10/h3-4,6-8,11-13,19-21H,2,5H2,1H3,(H2,15,16,17)/t7?,8-,11-,12+,13-/m0/s1. The monoisotopic (exact) mass is 292 g/mol. The van der Waals surface area contributed by atoms with Crippen LogP contribution in [0, 0.1) is 11.8 Å². The highest BCUT2D eigenvalue weighted by Gasteiger charge is 2.49. The van der Waals surface area contributed by atoms with Gasteiger partial charge in [0.1, 0.15) is 11.8 Å². The highest BCUT2D eigenvalue weighted by molar-refractivity contribution is 5.65. The molecule has 7 nitrogen and oxygen atoms in total. The lowest BCUT2D eigenvalue weighted by atomic mass is 9.85. The summed E-state index contributed by atoms with van der Waals surface area (Å²) in [5.41, 5.74) is 7.29. The predicted octanol–water partition coefficient (Wildman–Crippen LogP) is -0.235. The molecule has 1 saturated carbocycles. The molecular formula is C14H20N4O3. The van der Waals surface area contributed by atoms with Gasteiger partial charge in [0, 0.05) is 24.1 Å². The lowest BCUT2D eigenvalue weighted by Crippen LogP contribution is -2.29. The first-order valence-electron chi connectivity index (χ1n) is 7.15. The maximum absolute atomic E-state index is 10.4. The number of aromatic nitrogens is 3. The fourth-order valence-electron chi connectivity index (χ4n) is 3.66. The number of aliphatic hydroxyl groups excluding tert-OH is 3. The minimum Gasteiger partial charge on any atom is -0.396 e. The molecule has 1 aliphatic carbocycles. The predicted molar refractivity (Wildman–Crippen MR) is 76.5 cm³/mol. The SMILES string of the molecule is CCC1[C@@H](c2ccc3c(N)ncnn23)[C@H](O)[C@H](O)[C@H]1CO. The van der Waals surface area contributed by atoms with Gasteiger partial charge in [0.05, 0.1) is 12.2 Å². The van der Waals surface area contributed by atoms with Crippen molar-refractivity contribution in [3.63, 3.8) is 0 Å². The molecule has 114 valence electrons. The van der Waals surface area contributed by atoms with E-state index in [4.69, 9.17) is 5.73 Å². The molecule has 2 aromatic rings. The van der Waals surface area contributed by atoms with Crippen LogP contribution >= 0.6 is 0 Å². The maximum atomic E-state index is 10.4. The summed E-state index contributed by atoms with van der Waals surface area (Å²) < 4.78 is 1.66. The molecule has 7 heteroatoms.